The number of carbonyl (C=O) groups excluding carboxylic acids is 2. The average Bonchev–Trinajstić information content (AvgIpc) is 2.81. The number of aliphatic hydroxyl groups is 2. The highest BCUT2D eigenvalue weighted by Gasteiger charge is 2.44. The number of ether oxygens (including phenoxy) is 2. The largest absolute Gasteiger partial charge is 0.458 e. The van der Waals surface area contributed by atoms with E-state index in [1.165, 1.54) is 6.08 Å². The number of allylic oxidation sites excluding steroid dienone is 1. The van der Waals surface area contributed by atoms with E-state index in [4.69, 9.17) is 9.47 Å². The molecule has 0 radical (unpaired) electrons. The summed E-state index contributed by atoms with van der Waals surface area (Å²) in [5.74, 6) is -1.67. The summed E-state index contributed by atoms with van der Waals surface area (Å²) in [5, 5.41) is 19.4. The molecule has 2 N–H and O–H groups in total. The lowest BCUT2D eigenvalue weighted by Crippen LogP contribution is -2.34. The third-order valence-electron chi connectivity index (χ3n) is 4.68. The number of carbonyl (C=O) groups is 2. The first-order chi connectivity index (χ1) is 12.3. The smallest absolute Gasteiger partial charge is 0.336 e. The number of aliphatic hydroxyl groups excluding tert-OH is 2. The van der Waals surface area contributed by atoms with Crippen molar-refractivity contribution in [1.82, 2.24) is 0 Å². The van der Waals surface area contributed by atoms with Gasteiger partial charge < -0.3 is 19.7 Å². The normalized spacial score (nSPS) is 34.1. The lowest BCUT2D eigenvalue weighted by Gasteiger charge is -2.28. The van der Waals surface area contributed by atoms with E-state index in [-0.39, 0.29) is 11.1 Å². The molecule has 0 aromatic carbocycles. The van der Waals surface area contributed by atoms with Gasteiger partial charge in [0.15, 0.2) is 0 Å². The number of esters is 2. The average molecular weight is 362 g/mol. The lowest BCUT2D eigenvalue weighted by molar-refractivity contribution is -0.147. The second kappa shape index (κ2) is 8.47. The third kappa shape index (κ3) is 4.51. The van der Waals surface area contributed by atoms with Crippen LogP contribution in [-0.2, 0) is 19.1 Å². The molecule has 6 nitrogen and oxygen atoms in total. The first-order valence-corrected chi connectivity index (χ1v) is 8.66. The fourth-order valence-corrected chi connectivity index (χ4v) is 3.36. The molecule has 0 aromatic rings. The first kappa shape index (κ1) is 20.1. The van der Waals surface area contributed by atoms with Gasteiger partial charge in [0, 0.05) is 12.0 Å². The highest BCUT2D eigenvalue weighted by molar-refractivity contribution is 5.92. The topological polar surface area (TPSA) is 93.1 Å². The van der Waals surface area contributed by atoms with Crippen LogP contribution in [0.15, 0.2) is 47.1 Å². The quantitative estimate of drug-likeness (QED) is 0.453. The molecule has 4 atom stereocenters. The summed E-state index contributed by atoms with van der Waals surface area (Å²) in [7, 11) is 0. The Balaban J connectivity index is 2.41. The highest BCUT2D eigenvalue weighted by atomic mass is 16.6. The van der Waals surface area contributed by atoms with E-state index >= 15 is 0 Å². The monoisotopic (exact) mass is 362 g/mol. The predicted molar refractivity (Wildman–Crippen MR) is 96.0 cm³/mol. The Morgan fingerprint density at radius 1 is 1.35 bits per heavy atom. The van der Waals surface area contributed by atoms with Crippen molar-refractivity contribution in [3.05, 3.63) is 47.1 Å². The molecule has 6 heteroatoms. The zero-order valence-electron chi connectivity index (χ0n) is 15.4. The predicted octanol–water partition coefficient (Wildman–Crippen LogP) is 1.98. The van der Waals surface area contributed by atoms with Gasteiger partial charge in [0.2, 0.25) is 0 Å². The summed E-state index contributed by atoms with van der Waals surface area (Å²) >= 11 is 0. The van der Waals surface area contributed by atoms with Crippen molar-refractivity contribution in [2.24, 2.45) is 5.92 Å². The van der Waals surface area contributed by atoms with Gasteiger partial charge in [-0.2, -0.15) is 0 Å². The third-order valence-corrected chi connectivity index (χ3v) is 4.68. The van der Waals surface area contributed by atoms with Gasteiger partial charge in [0.1, 0.15) is 12.2 Å². The summed E-state index contributed by atoms with van der Waals surface area (Å²) in [6.07, 6.45) is 3.79. The van der Waals surface area contributed by atoms with Crippen LogP contribution in [-0.4, -0.2) is 47.1 Å². The van der Waals surface area contributed by atoms with Crippen molar-refractivity contribution in [2.75, 3.05) is 6.61 Å². The Morgan fingerprint density at radius 2 is 2.00 bits per heavy atom. The van der Waals surface area contributed by atoms with E-state index in [2.05, 4.69) is 6.58 Å². The molecule has 0 aromatic heterocycles. The van der Waals surface area contributed by atoms with Gasteiger partial charge in [0.05, 0.1) is 24.2 Å². The van der Waals surface area contributed by atoms with E-state index in [9.17, 15) is 19.8 Å². The Labute approximate surface area is 153 Å². The zero-order chi connectivity index (χ0) is 19.4. The van der Waals surface area contributed by atoms with Crippen LogP contribution in [0.3, 0.4) is 0 Å². The van der Waals surface area contributed by atoms with Gasteiger partial charge in [0.25, 0.3) is 0 Å². The molecule has 2 rings (SSSR count). The molecule has 26 heavy (non-hydrogen) atoms. The van der Waals surface area contributed by atoms with Crippen LogP contribution in [0.5, 0.6) is 0 Å². The fraction of sp³-hybridized carbons (Fsp3) is 0.500. The van der Waals surface area contributed by atoms with Crippen LogP contribution < -0.4 is 0 Å². The van der Waals surface area contributed by atoms with Crippen molar-refractivity contribution in [2.45, 2.75) is 51.9 Å². The molecule has 2 aliphatic rings. The minimum absolute atomic E-state index is 0.142. The zero-order valence-corrected chi connectivity index (χ0v) is 15.4. The van der Waals surface area contributed by atoms with Crippen LogP contribution in [0.1, 0.15) is 33.6 Å². The van der Waals surface area contributed by atoms with E-state index in [1.54, 1.807) is 19.1 Å². The molecular weight excluding hydrogens is 336 g/mol. The van der Waals surface area contributed by atoms with Gasteiger partial charge in [-0.05, 0) is 33.3 Å². The molecule has 142 valence electrons. The summed E-state index contributed by atoms with van der Waals surface area (Å²) in [5.41, 5.74) is 2.11. The Hall–Kier alpha value is -2.18. The Bertz CT molecular complexity index is 684. The van der Waals surface area contributed by atoms with Crippen molar-refractivity contribution in [3.8, 4) is 0 Å². The summed E-state index contributed by atoms with van der Waals surface area (Å²) in [6, 6.07) is 0. The van der Waals surface area contributed by atoms with Gasteiger partial charge in [-0.3, -0.25) is 0 Å². The fourth-order valence-electron chi connectivity index (χ4n) is 3.36. The van der Waals surface area contributed by atoms with E-state index in [0.717, 1.165) is 11.1 Å². The maximum atomic E-state index is 12.3. The minimum atomic E-state index is -0.696. The minimum Gasteiger partial charge on any atom is -0.458 e. The van der Waals surface area contributed by atoms with Crippen LogP contribution in [0.25, 0.3) is 0 Å². The van der Waals surface area contributed by atoms with Crippen molar-refractivity contribution >= 4 is 11.9 Å². The van der Waals surface area contributed by atoms with Gasteiger partial charge >= 0.3 is 11.9 Å². The standard InChI is InChI=1S/C20H26O6/c1-5-14(10-21)20(24)26-17-9-12(3)7-15(22)6-11(2)8-16-18(17)13(4)19(23)25-16/h5,7-8,15-18,21-22H,4,6,9-10H2,1-3H3/b11-8+,12-7-,14-5-/t15-,16+,17+,18-/m0/s1. The SMILES string of the molecule is C=C1C(=O)O[C@@H]2/C=C(\C)C[C@H](O)/C=C(/C)C[C@@H](OC(=O)/C(=C\C)CO)[C@@H]12. The molecule has 1 saturated heterocycles. The molecular formula is C20H26O6. The van der Waals surface area contributed by atoms with Gasteiger partial charge in [-0.15, -0.1) is 0 Å². The molecule has 1 fully saturated rings. The molecule has 0 spiro atoms. The number of fused-ring (bicyclic) bond motifs is 1. The Kier molecular flexibility index (Phi) is 6.56. The maximum absolute atomic E-state index is 12.3. The van der Waals surface area contributed by atoms with Crippen LogP contribution in [0.4, 0.5) is 0 Å². The van der Waals surface area contributed by atoms with E-state index in [0.29, 0.717) is 12.8 Å². The molecule has 1 aliphatic heterocycles. The van der Waals surface area contributed by atoms with Crippen LogP contribution >= 0.6 is 0 Å². The van der Waals surface area contributed by atoms with Crippen molar-refractivity contribution in [3.63, 3.8) is 0 Å². The lowest BCUT2D eigenvalue weighted by atomic mass is 9.85. The Morgan fingerprint density at radius 3 is 2.62 bits per heavy atom. The number of hydrogen-bond acceptors (Lipinski definition) is 6. The first-order valence-electron chi connectivity index (χ1n) is 8.66. The molecule has 0 amide bonds. The molecule has 0 saturated carbocycles. The molecule has 1 aliphatic carbocycles. The number of rotatable bonds is 3. The maximum Gasteiger partial charge on any atom is 0.336 e. The molecule has 0 bridgehead atoms. The van der Waals surface area contributed by atoms with Gasteiger partial charge in [-0.1, -0.05) is 29.9 Å². The second-order valence-electron chi connectivity index (χ2n) is 6.84. The summed E-state index contributed by atoms with van der Waals surface area (Å²) in [4.78, 5) is 24.4. The summed E-state index contributed by atoms with van der Waals surface area (Å²) < 4.78 is 11.0. The second-order valence-corrected chi connectivity index (χ2v) is 6.84. The van der Waals surface area contributed by atoms with Crippen molar-refractivity contribution < 1.29 is 29.3 Å². The molecule has 1 heterocycles. The van der Waals surface area contributed by atoms with Crippen LogP contribution in [0, 0.1) is 5.92 Å². The van der Waals surface area contributed by atoms with E-state index < -0.39 is 42.8 Å². The summed E-state index contributed by atoms with van der Waals surface area (Å²) in [6.45, 7) is 8.72. The van der Waals surface area contributed by atoms with Crippen molar-refractivity contribution in [1.29, 1.82) is 0 Å². The van der Waals surface area contributed by atoms with Crippen LogP contribution in [0.2, 0.25) is 0 Å². The highest BCUT2D eigenvalue weighted by Crippen LogP contribution is 2.36. The molecule has 0 unspecified atom stereocenters. The van der Waals surface area contributed by atoms with Gasteiger partial charge in [-0.25, -0.2) is 9.59 Å². The van der Waals surface area contributed by atoms with E-state index in [1.807, 2.05) is 13.8 Å². The number of hydrogen-bond donors (Lipinski definition) is 2.